The number of nitrogens with zero attached hydrogens (tertiary/aromatic N) is 3. The van der Waals surface area contributed by atoms with Crippen molar-refractivity contribution in [3.8, 4) is 11.6 Å². The molecular weight excluding hydrogens is 294 g/mol. The first kappa shape index (κ1) is 15.2. The van der Waals surface area contributed by atoms with E-state index in [4.69, 9.17) is 9.47 Å². The van der Waals surface area contributed by atoms with Crippen molar-refractivity contribution < 1.29 is 19.3 Å². The first-order valence-electron chi connectivity index (χ1n) is 6.17. The van der Waals surface area contributed by atoms with Gasteiger partial charge in [-0.25, -0.2) is 4.98 Å². The summed E-state index contributed by atoms with van der Waals surface area (Å²) >= 11 is 0. The first-order valence-corrected chi connectivity index (χ1v) is 6.17. The van der Waals surface area contributed by atoms with E-state index in [0.717, 1.165) is 12.3 Å². The topological polar surface area (TPSA) is 118 Å². The third-order valence-electron chi connectivity index (χ3n) is 2.56. The maximum atomic E-state index is 10.9. The van der Waals surface area contributed by atoms with Crippen molar-refractivity contribution in [2.24, 2.45) is 0 Å². The van der Waals surface area contributed by atoms with Gasteiger partial charge in [-0.2, -0.15) is 0 Å². The van der Waals surface area contributed by atoms with Crippen LogP contribution in [-0.2, 0) is 0 Å². The molecule has 0 fully saturated rings. The Morgan fingerprint density at radius 3 is 2.32 bits per heavy atom. The summed E-state index contributed by atoms with van der Waals surface area (Å²) in [5, 5.41) is 21.5. The molecule has 114 valence electrons. The first-order chi connectivity index (χ1) is 10.6. The zero-order valence-electron chi connectivity index (χ0n) is 11.2. The predicted octanol–water partition coefficient (Wildman–Crippen LogP) is 2.36. The van der Waals surface area contributed by atoms with Crippen LogP contribution in [-0.4, -0.2) is 28.0 Å². The van der Waals surface area contributed by atoms with Gasteiger partial charge in [0.05, 0.1) is 9.85 Å². The van der Waals surface area contributed by atoms with Crippen LogP contribution in [0.2, 0.25) is 0 Å². The summed E-state index contributed by atoms with van der Waals surface area (Å²) in [6.07, 6.45) is 0.903. The quantitative estimate of drug-likeness (QED) is 0.437. The fourth-order valence-corrected chi connectivity index (χ4v) is 1.59. The molecule has 1 aromatic carbocycles. The van der Waals surface area contributed by atoms with Gasteiger partial charge in [0, 0.05) is 0 Å². The van der Waals surface area contributed by atoms with E-state index in [1.54, 1.807) is 24.3 Å². The van der Waals surface area contributed by atoms with Gasteiger partial charge in [0.15, 0.2) is 0 Å². The Hall–Kier alpha value is -3.23. The van der Waals surface area contributed by atoms with E-state index >= 15 is 0 Å². The average Bonchev–Trinajstić information content (AvgIpc) is 2.52. The number of rotatable bonds is 7. The molecule has 0 bridgehead atoms. The van der Waals surface area contributed by atoms with E-state index in [2.05, 4.69) is 4.98 Å². The maximum Gasteiger partial charge on any atom is 0.337 e. The SMILES string of the molecule is O=[N+]([O-])c1cnc(OCCOc2ccccc2)c([N+](=O)[O-])c1. The number of aromatic nitrogens is 1. The molecule has 0 aliphatic rings. The molecule has 1 aromatic heterocycles. The Bertz CT molecular complexity index is 677. The van der Waals surface area contributed by atoms with Crippen LogP contribution < -0.4 is 9.47 Å². The Kier molecular flexibility index (Phi) is 4.81. The molecule has 0 spiro atoms. The number of ether oxygens (including phenoxy) is 2. The molecular formula is C13H11N3O6. The van der Waals surface area contributed by atoms with Crippen molar-refractivity contribution in [1.82, 2.24) is 4.98 Å². The third-order valence-corrected chi connectivity index (χ3v) is 2.56. The molecule has 0 atom stereocenters. The lowest BCUT2D eigenvalue weighted by Gasteiger charge is -2.07. The summed E-state index contributed by atoms with van der Waals surface area (Å²) in [7, 11) is 0. The second kappa shape index (κ2) is 6.97. The minimum absolute atomic E-state index is 0.0144. The highest BCUT2D eigenvalue weighted by molar-refractivity contribution is 5.48. The number of hydrogen-bond donors (Lipinski definition) is 0. The van der Waals surface area contributed by atoms with Crippen LogP contribution in [0.15, 0.2) is 42.6 Å². The minimum atomic E-state index is -0.784. The van der Waals surface area contributed by atoms with Crippen LogP contribution in [0.4, 0.5) is 11.4 Å². The van der Waals surface area contributed by atoms with Crippen LogP contribution in [0.1, 0.15) is 0 Å². The highest BCUT2D eigenvalue weighted by Gasteiger charge is 2.22. The van der Waals surface area contributed by atoms with Crippen molar-refractivity contribution in [2.75, 3.05) is 13.2 Å². The normalized spacial score (nSPS) is 10.0. The van der Waals surface area contributed by atoms with Crippen LogP contribution in [0, 0.1) is 20.2 Å². The minimum Gasteiger partial charge on any atom is -0.490 e. The van der Waals surface area contributed by atoms with Crippen molar-refractivity contribution >= 4 is 11.4 Å². The summed E-state index contributed by atoms with van der Waals surface area (Å²) in [4.78, 5) is 23.5. The van der Waals surface area contributed by atoms with E-state index < -0.39 is 21.2 Å². The molecule has 9 heteroatoms. The molecule has 0 radical (unpaired) electrons. The van der Waals surface area contributed by atoms with Crippen LogP contribution in [0.5, 0.6) is 11.6 Å². The lowest BCUT2D eigenvalue weighted by atomic mass is 10.3. The van der Waals surface area contributed by atoms with Gasteiger partial charge < -0.3 is 9.47 Å². The summed E-state index contributed by atoms with van der Waals surface area (Å²) < 4.78 is 10.5. The molecule has 0 N–H and O–H groups in total. The second-order valence-electron chi connectivity index (χ2n) is 4.04. The molecule has 0 aliphatic heterocycles. The molecule has 2 rings (SSSR count). The van der Waals surface area contributed by atoms with E-state index in [-0.39, 0.29) is 19.1 Å². The molecule has 0 saturated heterocycles. The van der Waals surface area contributed by atoms with Gasteiger partial charge in [0.2, 0.25) is 0 Å². The maximum absolute atomic E-state index is 10.9. The molecule has 0 amide bonds. The second-order valence-corrected chi connectivity index (χ2v) is 4.04. The van der Waals surface area contributed by atoms with Gasteiger partial charge >= 0.3 is 5.69 Å². The Labute approximate surface area is 124 Å². The Balaban J connectivity index is 1.97. The zero-order chi connectivity index (χ0) is 15.9. The van der Waals surface area contributed by atoms with Gasteiger partial charge in [-0.05, 0) is 12.1 Å². The zero-order valence-corrected chi connectivity index (χ0v) is 11.2. The smallest absolute Gasteiger partial charge is 0.337 e. The standard InChI is InChI=1S/C13H11N3O6/c17-15(18)10-8-12(16(19)20)13(14-9-10)22-7-6-21-11-4-2-1-3-5-11/h1-5,8-9H,6-7H2. The van der Waals surface area contributed by atoms with Crippen molar-refractivity contribution in [1.29, 1.82) is 0 Å². The fourth-order valence-electron chi connectivity index (χ4n) is 1.59. The highest BCUT2D eigenvalue weighted by Crippen LogP contribution is 2.28. The van der Waals surface area contributed by atoms with Gasteiger partial charge in [-0.15, -0.1) is 0 Å². The monoisotopic (exact) mass is 305 g/mol. The van der Waals surface area contributed by atoms with Gasteiger partial charge in [0.1, 0.15) is 31.2 Å². The van der Waals surface area contributed by atoms with E-state index in [1.165, 1.54) is 0 Å². The number of pyridine rings is 1. The lowest BCUT2D eigenvalue weighted by molar-refractivity contribution is -0.395. The summed E-state index contributed by atoms with van der Waals surface area (Å²) in [5.41, 5.74) is -1.03. The van der Waals surface area contributed by atoms with Crippen LogP contribution in [0.25, 0.3) is 0 Å². The van der Waals surface area contributed by atoms with Crippen molar-refractivity contribution in [3.05, 3.63) is 62.8 Å². The third kappa shape index (κ3) is 3.88. The number of hydrogen-bond acceptors (Lipinski definition) is 7. The van der Waals surface area contributed by atoms with Gasteiger partial charge in [-0.3, -0.25) is 20.2 Å². The number of nitro groups is 2. The molecule has 22 heavy (non-hydrogen) atoms. The van der Waals surface area contributed by atoms with E-state index in [0.29, 0.717) is 5.75 Å². The molecule has 1 heterocycles. The van der Waals surface area contributed by atoms with E-state index in [1.807, 2.05) is 6.07 Å². The van der Waals surface area contributed by atoms with Crippen molar-refractivity contribution in [2.45, 2.75) is 0 Å². The van der Waals surface area contributed by atoms with Crippen LogP contribution in [0.3, 0.4) is 0 Å². The van der Waals surface area contributed by atoms with Crippen LogP contribution >= 0.6 is 0 Å². The molecule has 2 aromatic rings. The van der Waals surface area contributed by atoms with Gasteiger partial charge in [0.25, 0.3) is 11.6 Å². The number of para-hydroxylation sites is 1. The van der Waals surface area contributed by atoms with Gasteiger partial charge in [-0.1, -0.05) is 18.2 Å². The lowest BCUT2D eigenvalue weighted by Crippen LogP contribution is -2.11. The number of benzene rings is 1. The summed E-state index contributed by atoms with van der Waals surface area (Å²) in [6, 6.07) is 9.77. The fraction of sp³-hybridized carbons (Fsp3) is 0.154. The largest absolute Gasteiger partial charge is 0.490 e. The Morgan fingerprint density at radius 2 is 1.68 bits per heavy atom. The molecule has 9 nitrogen and oxygen atoms in total. The summed E-state index contributed by atoms with van der Waals surface area (Å²) in [6.45, 7) is 0.167. The predicted molar refractivity (Wildman–Crippen MR) is 75.0 cm³/mol. The molecule has 0 saturated carbocycles. The highest BCUT2D eigenvalue weighted by atomic mass is 16.6. The molecule has 0 unspecified atom stereocenters. The van der Waals surface area contributed by atoms with Crippen molar-refractivity contribution in [3.63, 3.8) is 0 Å². The molecule has 0 aliphatic carbocycles. The summed E-state index contributed by atoms with van der Waals surface area (Å²) in [5.74, 6) is 0.351. The van der Waals surface area contributed by atoms with E-state index in [9.17, 15) is 20.2 Å². The Morgan fingerprint density at radius 1 is 1.00 bits per heavy atom. The average molecular weight is 305 g/mol.